The summed E-state index contributed by atoms with van der Waals surface area (Å²) in [7, 11) is 0. The molecule has 2 amide bonds. The molecule has 34 heavy (non-hydrogen) atoms. The Balaban J connectivity index is 1.39. The summed E-state index contributed by atoms with van der Waals surface area (Å²) >= 11 is 1.42. The zero-order valence-corrected chi connectivity index (χ0v) is 19.8. The molecular weight excluding hydrogens is 448 g/mol. The van der Waals surface area contributed by atoms with Crippen molar-refractivity contribution in [1.82, 2.24) is 9.55 Å². The Kier molecular flexibility index (Phi) is 5.75. The van der Waals surface area contributed by atoms with E-state index in [0.717, 1.165) is 28.8 Å². The van der Waals surface area contributed by atoms with Crippen LogP contribution in [0.25, 0.3) is 21.3 Å². The summed E-state index contributed by atoms with van der Waals surface area (Å²) in [5, 5.41) is 5.31. The van der Waals surface area contributed by atoms with Crippen molar-refractivity contribution < 1.29 is 9.59 Å². The molecule has 172 valence electrons. The lowest BCUT2D eigenvalue weighted by atomic mass is 10.0. The monoisotopic (exact) mass is 472 g/mol. The summed E-state index contributed by atoms with van der Waals surface area (Å²) in [6.45, 7) is 4.62. The zero-order chi connectivity index (χ0) is 23.8. The molecule has 0 spiro atoms. The minimum atomic E-state index is -0.337. The molecule has 0 radical (unpaired) electrons. The number of amides is 2. The third-order valence-corrected chi connectivity index (χ3v) is 7.09. The molecule has 1 fully saturated rings. The molecule has 0 bridgehead atoms. The van der Waals surface area contributed by atoms with Crippen LogP contribution in [0.1, 0.15) is 24.0 Å². The molecule has 0 saturated carbocycles. The van der Waals surface area contributed by atoms with Gasteiger partial charge in [0.1, 0.15) is 11.4 Å². The predicted octanol–water partition coefficient (Wildman–Crippen LogP) is 4.51. The maximum Gasteiger partial charge on any atom is 0.263 e. The third-order valence-electron chi connectivity index (χ3n) is 6.21. The zero-order valence-electron chi connectivity index (χ0n) is 19.0. The first-order chi connectivity index (χ1) is 16.4. The molecule has 1 N–H and O–H groups in total. The van der Waals surface area contributed by atoms with Crippen LogP contribution in [-0.2, 0) is 16.1 Å². The largest absolute Gasteiger partial charge is 0.324 e. The van der Waals surface area contributed by atoms with E-state index >= 15 is 0 Å². The maximum atomic E-state index is 13.3. The number of nitrogens with zero attached hydrogens (tertiary/aromatic N) is 3. The summed E-state index contributed by atoms with van der Waals surface area (Å²) in [6.07, 6.45) is 2.80. The van der Waals surface area contributed by atoms with Crippen LogP contribution in [0.5, 0.6) is 0 Å². The van der Waals surface area contributed by atoms with Crippen LogP contribution < -0.4 is 15.8 Å². The second-order valence-electron chi connectivity index (χ2n) is 8.55. The van der Waals surface area contributed by atoms with Gasteiger partial charge in [-0.2, -0.15) is 0 Å². The summed E-state index contributed by atoms with van der Waals surface area (Å²) in [5.74, 6) is -0.249. The van der Waals surface area contributed by atoms with Crippen LogP contribution in [0.4, 0.5) is 11.4 Å². The number of anilines is 2. The number of carbonyl (C=O) groups excluding carboxylic acids is 2. The Bertz CT molecular complexity index is 1490. The molecule has 1 aliphatic rings. The lowest BCUT2D eigenvalue weighted by Gasteiger charge is -2.17. The second-order valence-corrected chi connectivity index (χ2v) is 9.41. The summed E-state index contributed by atoms with van der Waals surface area (Å²) < 4.78 is 1.34. The van der Waals surface area contributed by atoms with Crippen LogP contribution >= 0.6 is 11.3 Å². The van der Waals surface area contributed by atoms with Gasteiger partial charge in [-0.05, 0) is 55.2 Å². The van der Waals surface area contributed by atoms with Gasteiger partial charge in [0.25, 0.3) is 5.56 Å². The van der Waals surface area contributed by atoms with Gasteiger partial charge < -0.3 is 10.2 Å². The number of aryl methyl sites for hydroxylation is 2. The minimum absolute atomic E-state index is 0.0877. The minimum Gasteiger partial charge on any atom is -0.324 e. The number of hydrogen-bond acceptors (Lipinski definition) is 5. The van der Waals surface area contributed by atoms with Crippen molar-refractivity contribution in [2.45, 2.75) is 33.2 Å². The quantitative estimate of drug-likeness (QED) is 0.463. The SMILES string of the molecule is Cc1ccc(-c2csc3ncn(CC(=O)Nc4cccc(N5CCCC5=O)c4)c(=O)c23)cc1C. The molecule has 7 nitrogen and oxygen atoms in total. The van der Waals surface area contributed by atoms with Gasteiger partial charge in [0, 0.05) is 35.3 Å². The number of carbonyl (C=O) groups is 2. The van der Waals surface area contributed by atoms with E-state index in [1.165, 1.54) is 27.8 Å². The summed E-state index contributed by atoms with van der Waals surface area (Å²) in [4.78, 5) is 44.9. The first kappa shape index (κ1) is 22.0. The number of hydrogen-bond donors (Lipinski definition) is 1. The standard InChI is InChI=1S/C26H24N4O3S/c1-16-8-9-18(11-17(16)2)21-14-34-25-24(21)26(33)29(15-27-25)13-22(31)28-19-5-3-6-20(12-19)30-10-4-7-23(30)32/h3,5-6,8-9,11-12,14-15H,4,7,10,13H2,1-2H3,(H,28,31). The molecule has 1 saturated heterocycles. The van der Waals surface area contributed by atoms with E-state index in [2.05, 4.69) is 23.3 Å². The fourth-order valence-electron chi connectivity index (χ4n) is 4.23. The molecule has 4 aromatic rings. The molecule has 1 aliphatic heterocycles. The van der Waals surface area contributed by atoms with E-state index in [-0.39, 0.29) is 23.9 Å². The van der Waals surface area contributed by atoms with Crippen molar-refractivity contribution in [2.75, 3.05) is 16.8 Å². The van der Waals surface area contributed by atoms with Crippen LogP contribution in [0.15, 0.2) is 59.0 Å². The van der Waals surface area contributed by atoms with Crippen LogP contribution in [-0.4, -0.2) is 27.9 Å². The van der Waals surface area contributed by atoms with Crippen molar-refractivity contribution in [3.63, 3.8) is 0 Å². The lowest BCUT2D eigenvalue weighted by molar-refractivity contribution is -0.117. The average molecular weight is 473 g/mol. The van der Waals surface area contributed by atoms with E-state index in [4.69, 9.17) is 0 Å². The number of nitrogens with one attached hydrogen (secondary N) is 1. The molecule has 2 aromatic carbocycles. The number of aromatic nitrogens is 2. The van der Waals surface area contributed by atoms with Crippen molar-refractivity contribution in [1.29, 1.82) is 0 Å². The van der Waals surface area contributed by atoms with Gasteiger partial charge in [0.2, 0.25) is 11.8 Å². The highest BCUT2D eigenvalue weighted by atomic mass is 32.1. The van der Waals surface area contributed by atoms with Gasteiger partial charge in [-0.1, -0.05) is 24.3 Å². The highest BCUT2D eigenvalue weighted by Crippen LogP contribution is 2.31. The van der Waals surface area contributed by atoms with Gasteiger partial charge in [-0.25, -0.2) is 4.98 Å². The molecule has 0 aliphatic carbocycles. The molecule has 0 atom stereocenters. The smallest absolute Gasteiger partial charge is 0.263 e. The van der Waals surface area contributed by atoms with E-state index in [1.54, 1.807) is 23.1 Å². The predicted molar refractivity (Wildman–Crippen MR) is 135 cm³/mol. The number of thiophene rings is 1. The van der Waals surface area contributed by atoms with E-state index < -0.39 is 0 Å². The maximum absolute atomic E-state index is 13.3. The summed E-state index contributed by atoms with van der Waals surface area (Å²) in [6, 6.07) is 13.3. The average Bonchev–Trinajstić information content (AvgIpc) is 3.44. The fourth-order valence-corrected chi connectivity index (χ4v) is 5.14. The topological polar surface area (TPSA) is 84.3 Å². The molecular formula is C26H24N4O3S. The van der Waals surface area contributed by atoms with E-state index in [9.17, 15) is 14.4 Å². The van der Waals surface area contributed by atoms with Crippen molar-refractivity contribution >= 4 is 44.7 Å². The Morgan fingerprint density at radius 2 is 1.97 bits per heavy atom. The second kappa shape index (κ2) is 8.87. The Morgan fingerprint density at radius 1 is 1.12 bits per heavy atom. The first-order valence-corrected chi connectivity index (χ1v) is 12.0. The number of benzene rings is 2. The van der Waals surface area contributed by atoms with Gasteiger partial charge >= 0.3 is 0 Å². The van der Waals surface area contributed by atoms with Crippen molar-refractivity contribution in [3.05, 3.63) is 75.7 Å². The lowest BCUT2D eigenvalue weighted by Crippen LogP contribution is -2.28. The number of rotatable bonds is 5. The van der Waals surface area contributed by atoms with E-state index in [1.807, 2.05) is 30.5 Å². The molecule has 2 aromatic heterocycles. The molecule has 0 unspecified atom stereocenters. The number of fused-ring (bicyclic) bond motifs is 1. The van der Waals surface area contributed by atoms with Gasteiger partial charge in [0.15, 0.2) is 0 Å². The summed E-state index contributed by atoms with van der Waals surface area (Å²) in [5.41, 5.74) is 5.23. The normalized spacial score (nSPS) is 13.6. The highest BCUT2D eigenvalue weighted by Gasteiger charge is 2.22. The van der Waals surface area contributed by atoms with Crippen LogP contribution in [0.3, 0.4) is 0 Å². The van der Waals surface area contributed by atoms with Gasteiger partial charge in [-0.15, -0.1) is 11.3 Å². The Morgan fingerprint density at radius 3 is 2.74 bits per heavy atom. The van der Waals surface area contributed by atoms with Crippen molar-refractivity contribution in [3.8, 4) is 11.1 Å². The molecule has 5 rings (SSSR count). The van der Waals surface area contributed by atoms with Gasteiger partial charge in [-0.3, -0.25) is 19.0 Å². The van der Waals surface area contributed by atoms with E-state index in [0.29, 0.717) is 28.9 Å². The molecule has 3 heterocycles. The first-order valence-electron chi connectivity index (χ1n) is 11.2. The fraction of sp³-hybridized carbons (Fsp3) is 0.231. The highest BCUT2D eigenvalue weighted by molar-refractivity contribution is 7.17. The third kappa shape index (κ3) is 4.12. The van der Waals surface area contributed by atoms with Gasteiger partial charge in [0.05, 0.1) is 11.7 Å². The Labute approximate surface area is 200 Å². The Hall–Kier alpha value is -3.78. The molecule has 8 heteroatoms. The van der Waals surface area contributed by atoms with Crippen LogP contribution in [0, 0.1) is 13.8 Å². The van der Waals surface area contributed by atoms with Crippen molar-refractivity contribution in [2.24, 2.45) is 0 Å². The van der Waals surface area contributed by atoms with Crippen LogP contribution in [0.2, 0.25) is 0 Å².